The van der Waals surface area contributed by atoms with Crippen molar-refractivity contribution in [3.05, 3.63) is 29.8 Å². The monoisotopic (exact) mass is 300 g/mol. The fourth-order valence-corrected chi connectivity index (χ4v) is 4.24. The molecule has 0 spiro atoms. The summed E-state index contributed by atoms with van der Waals surface area (Å²) in [6, 6.07) is 6.57. The van der Waals surface area contributed by atoms with E-state index in [1.165, 1.54) is 0 Å². The normalized spacial score (nSPS) is 13.5. The summed E-state index contributed by atoms with van der Waals surface area (Å²) in [5.74, 6) is 0.178. The minimum atomic E-state index is -3.28. The highest BCUT2D eigenvalue weighted by Gasteiger charge is 2.35. The van der Waals surface area contributed by atoms with Gasteiger partial charge in [-0.25, -0.2) is 0 Å². The Morgan fingerprint density at radius 1 is 0.950 bits per heavy atom. The first-order valence-electron chi connectivity index (χ1n) is 6.67. The average Bonchev–Trinajstić information content (AvgIpc) is 2.15. The molecule has 0 aliphatic carbocycles. The lowest BCUT2D eigenvalue weighted by Crippen LogP contribution is -2.24. The summed E-state index contributed by atoms with van der Waals surface area (Å²) in [7, 11) is -3.28. The van der Waals surface area contributed by atoms with E-state index in [4.69, 9.17) is 9.05 Å². The van der Waals surface area contributed by atoms with Crippen LogP contribution in [0, 0.1) is 0 Å². The molecule has 0 aliphatic rings. The number of hydrogen-bond acceptors (Lipinski definition) is 4. The third-order valence-corrected chi connectivity index (χ3v) is 4.54. The molecule has 0 atom stereocenters. The highest BCUT2D eigenvalue weighted by atomic mass is 31.2. The summed E-state index contributed by atoms with van der Waals surface area (Å²) in [4.78, 5) is 0. The summed E-state index contributed by atoms with van der Waals surface area (Å²) < 4.78 is 24.4. The predicted octanol–water partition coefficient (Wildman–Crippen LogP) is 4.72. The summed E-state index contributed by atoms with van der Waals surface area (Å²) >= 11 is 0. The molecular formula is C15H25O4P. The van der Waals surface area contributed by atoms with Crippen LogP contribution in [0.1, 0.15) is 47.1 Å². The van der Waals surface area contributed by atoms with E-state index in [9.17, 15) is 9.67 Å². The maximum absolute atomic E-state index is 13.0. The van der Waals surface area contributed by atoms with Crippen LogP contribution in [0.4, 0.5) is 0 Å². The second kappa shape index (κ2) is 5.88. The molecule has 0 amide bonds. The van der Waals surface area contributed by atoms with Crippen molar-refractivity contribution in [1.29, 1.82) is 0 Å². The molecule has 0 fully saturated rings. The fraction of sp³-hybridized carbons (Fsp3) is 0.600. The molecule has 0 unspecified atom stereocenters. The molecule has 0 saturated carbocycles. The van der Waals surface area contributed by atoms with Crippen LogP contribution in [0.2, 0.25) is 0 Å². The zero-order chi connectivity index (χ0) is 15.6. The first-order chi connectivity index (χ1) is 8.89. The van der Waals surface area contributed by atoms with Crippen LogP contribution in [-0.2, 0) is 19.8 Å². The van der Waals surface area contributed by atoms with Gasteiger partial charge in [0.1, 0.15) is 5.75 Å². The Bertz CT molecular complexity index is 460. The van der Waals surface area contributed by atoms with Crippen molar-refractivity contribution in [3.8, 4) is 5.75 Å². The first-order valence-corrected chi connectivity index (χ1v) is 8.40. The van der Waals surface area contributed by atoms with Gasteiger partial charge in [-0.05, 0) is 59.2 Å². The van der Waals surface area contributed by atoms with Crippen molar-refractivity contribution >= 4 is 7.60 Å². The smallest absolute Gasteiger partial charge is 0.336 e. The van der Waals surface area contributed by atoms with Crippen molar-refractivity contribution in [2.45, 2.75) is 58.9 Å². The van der Waals surface area contributed by atoms with Crippen LogP contribution in [-0.4, -0.2) is 16.3 Å². The van der Waals surface area contributed by atoms with Gasteiger partial charge >= 0.3 is 7.60 Å². The number of aromatic hydroxyl groups is 1. The number of phenols is 1. The quantitative estimate of drug-likeness (QED) is 0.818. The van der Waals surface area contributed by atoms with Gasteiger partial charge in [0.05, 0.1) is 17.4 Å². The van der Waals surface area contributed by atoms with Gasteiger partial charge in [0.15, 0.2) is 0 Å². The maximum atomic E-state index is 13.0. The van der Waals surface area contributed by atoms with Crippen molar-refractivity contribution in [2.24, 2.45) is 0 Å². The lowest BCUT2D eigenvalue weighted by Gasteiger charge is -2.32. The highest BCUT2D eigenvalue weighted by molar-refractivity contribution is 7.53. The van der Waals surface area contributed by atoms with E-state index in [-0.39, 0.29) is 11.9 Å². The van der Waals surface area contributed by atoms with Crippen LogP contribution in [0.5, 0.6) is 5.75 Å². The third-order valence-electron chi connectivity index (χ3n) is 2.14. The topological polar surface area (TPSA) is 55.8 Å². The molecule has 0 heterocycles. The molecule has 0 aliphatic heterocycles. The Kier molecular flexibility index (Phi) is 5.07. The van der Waals surface area contributed by atoms with Crippen LogP contribution < -0.4 is 0 Å². The summed E-state index contributed by atoms with van der Waals surface area (Å²) in [5, 5.41) is 9.30. The number of phenolic OH excluding ortho intramolecular Hbond substituents is 1. The number of hydrogen-bond donors (Lipinski definition) is 1. The molecule has 1 N–H and O–H groups in total. The largest absolute Gasteiger partial charge is 0.508 e. The lowest BCUT2D eigenvalue weighted by molar-refractivity contribution is 0.0485. The first kappa shape index (κ1) is 17.2. The number of rotatable bonds is 4. The van der Waals surface area contributed by atoms with Crippen LogP contribution in [0.15, 0.2) is 24.3 Å². The second-order valence-corrected chi connectivity index (χ2v) is 8.75. The average molecular weight is 300 g/mol. The van der Waals surface area contributed by atoms with Crippen LogP contribution in [0.3, 0.4) is 0 Å². The Morgan fingerprint density at radius 3 is 1.70 bits per heavy atom. The van der Waals surface area contributed by atoms with E-state index < -0.39 is 18.8 Å². The molecular weight excluding hydrogens is 275 g/mol. The van der Waals surface area contributed by atoms with Crippen molar-refractivity contribution in [2.75, 3.05) is 0 Å². The van der Waals surface area contributed by atoms with Crippen molar-refractivity contribution in [3.63, 3.8) is 0 Å². The zero-order valence-electron chi connectivity index (χ0n) is 13.1. The van der Waals surface area contributed by atoms with Crippen LogP contribution in [0.25, 0.3) is 0 Å². The van der Waals surface area contributed by atoms with Crippen LogP contribution >= 0.6 is 7.60 Å². The minimum Gasteiger partial charge on any atom is -0.508 e. The summed E-state index contributed by atoms with van der Waals surface area (Å²) in [5.41, 5.74) is -0.310. The summed E-state index contributed by atoms with van der Waals surface area (Å²) in [6.07, 6.45) is 0.182. The van der Waals surface area contributed by atoms with E-state index in [1.807, 2.05) is 41.5 Å². The molecule has 20 heavy (non-hydrogen) atoms. The molecule has 1 aromatic carbocycles. The fourth-order valence-electron chi connectivity index (χ4n) is 1.74. The highest BCUT2D eigenvalue weighted by Crippen LogP contribution is 2.56. The minimum absolute atomic E-state index is 0.178. The van der Waals surface area contributed by atoms with E-state index in [0.717, 1.165) is 5.56 Å². The van der Waals surface area contributed by atoms with E-state index >= 15 is 0 Å². The molecule has 0 radical (unpaired) electrons. The van der Waals surface area contributed by atoms with E-state index in [1.54, 1.807) is 24.3 Å². The molecule has 0 saturated heterocycles. The van der Waals surface area contributed by atoms with Gasteiger partial charge in [0.2, 0.25) is 0 Å². The third kappa shape index (κ3) is 6.56. The standard InChI is InChI=1S/C15H25O4P/c1-14(2,3)18-20(17,19-15(4,5)6)11-12-7-9-13(16)10-8-12/h7-10,16H,11H2,1-6H3. The molecule has 114 valence electrons. The Labute approximate surface area is 121 Å². The Balaban J connectivity index is 2.98. The Morgan fingerprint density at radius 2 is 1.35 bits per heavy atom. The van der Waals surface area contributed by atoms with Gasteiger partial charge in [-0.2, -0.15) is 0 Å². The van der Waals surface area contributed by atoms with Gasteiger partial charge in [0, 0.05) is 0 Å². The Hall–Kier alpha value is -0.830. The predicted molar refractivity (Wildman–Crippen MR) is 81.1 cm³/mol. The van der Waals surface area contributed by atoms with Crippen molar-refractivity contribution in [1.82, 2.24) is 0 Å². The lowest BCUT2D eigenvalue weighted by atomic mass is 10.2. The molecule has 1 rings (SSSR count). The summed E-state index contributed by atoms with van der Waals surface area (Å²) in [6.45, 7) is 11.1. The number of benzene rings is 1. The molecule has 4 nitrogen and oxygen atoms in total. The van der Waals surface area contributed by atoms with Gasteiger partial charge in [-0.1, -0.05) is 12.1 Å². The second-order valence-electron chi connectivity index (χ2n) is 6.84. The maximum Gasteiger partial charge on any atom is 0.336 e. The molecule has 1 aromatic rings. The molecule has 0 bridgehead atoms. The van der Waals surface area contributed by atoms with E-state index in [2.05, 4.69) is 0 Å². The van der Waals surface area contributed by atoms with Gasteiger partial charge in [0.25, 0.3) is 0 Å². The van der Waals surface area contributed by atoms with Gasteiger partial charge < -0.3 is 14.2 Å². The molecule has 0 aromatic heterocycles. The van der Waals surface area contributed by atoms with Gasteiger partial charge in [-0.3, -0.25) is 4.57 Å². The van der Waals surface area contributed by atoms with E-state index in [0.29, 0.717) is 0 Å². The van der Waals surface area contributed by atoms with Crippen molar-refractivity contribution < 1.29 is 18.7 Å². The SMILES string of the molecule is CC(C)(C)OP(=O)(Cc1ccc(O)cc1)OC(C)(C)C. The van der Waals surface area contributed by atoms with Gasteiger partial charge in [-0.15, -0.1) is 0 Å². The zero-order valence-corrected chi connectivity index (χ0v) is 14.0. The molecule has 5 heteroatoms.